The highest BCUT2D eigenvalue weighted by atomic mass is 19.1. The van der Waals surface area contributed by atoms with Crippen LogP contribution in [0.25, 0.3) is 0 Å². The Morgan fingerprint density at radius 2 is 1.68 bits per heavy atom. The van der Waals surface area contributed by atoms with Crippen molar-refractivity contribution in [3.63, 3.8) is 0 Å². The van der Waals surface area contributed by atoms with Crippen LogP contribution in [-0.2, 0) is 20.8 Å². The Morgan fingerprint density at radius 3 is 2.19 bits per heavy atom. The van der Waals surface area contributed by atoms with Gasteiger partial charge in [0.25, 0.3) is 0 Å². The first-order valence-electron chi connectivity index (χ1n) is 9.22. The van der Waals surface area contributed by atoms with Gasteiger partial charge in [-0.25, -0.2) is 14.0 Å². The van der Waals surface area contributed by atoms with Gasteiger partial charge in [-0.2, -0.15) is 0 Å². The van der Waals surface area contributed by atoms with Gasteiger partial charge in [-0.05, 0) is 17.7 Å². The highest BCUT2D eigenvalue weighted by molar-refractivity contribution is 5.95. The molecule has 2 rings (SSSR count). The van der Waals surface area contributed by atoms with Gasteiger partial charge in [-0.15, -0.1) is 0 Å². The lowest BCUT2D eigenvalue weighted by Gasteiger charge is -2.21. The minimum atomic E-state index is -1.26. The zero-order valence-electron chi connectivity index (χ0n) is 17.4. The van der Waals surface area contributed by atoms with Gasteiger partial charge in [-0.1, -0.05) is 39.0 Å². The van der Waals surface area contributed by atoms with Crippen LogP contribution in [0.3, 0.4) is 0 Å². The molecule has 4 N–H and O–H groups in total. The molecule has 1 aromatic heterocycles. The second kappa shape index (κ2) is 11.6. The number of benzene rings is 1. The third-order valence-electron chi connectivity index (χ3n) is 3.88. The molecular weight excluding hydrogens is 407 g/mol. The molecule has 1 heterocycles. The molecule has 31 heavy (non-hydrogen) atoms. The molecule has 0 radical (unpaired) electrons. The number of carboxylic acid groups (broad SMARTS) is 2. The number of halogens is 1. The van der Waals surface area contributed by atoms with Crippen molar-refractivity contribution in [2.24, 2.45) is 5.41 Å². The minimum absolute atomic E-state index is 0.108. The zero-order valence-corrected chi connectivity index (χ0v) is 17.4. The molecule has 1 aromatic carbocycles. The largest absolute Gasteiger partial charge is 0.478 e. The highest BCUT2D eigenvalue weighted by Crippen LogP contribution is 2.27. The van der Waals surface area contributed by atoms with Crippen molar-refractivity contribution in [1.29, 1.82) is 0 Å². The van der Waals surface area contributed by atoms with Crippen LogP contribution in [0.2, 0.25) is 0 Å². The number of carbonyl (C=O) groups is 3. The van der Waals surface area contributed by atoms with Crippen LogP contribution in [0.5, 0.6) is 0 Å². The molecule has 166 valence electrons. The number of aliphatic hydroxyl groups is 1. The van der Waals surface area contributed by atoms with E-state index in [0.717, 1.165) is 0 Å². The molecule has 0 aliphatic heterocycles. The average Bonchev–Trinajstić information content (AvgIpc) is 2.68. The number of aliphatic hydroxyl groups excluding tert-OH is 1. The summed E-state index contributed by atoms with van der Waals surface area (Å²) in [6.45, 7) is 5.41. The maximum absolute atomic E-state index is 13.7. The number of carboxylic acids is 2. The van der Waals surface area contributed by atoms with Crippen LogP contribution in [0.15, 0.2) is 54.9 Å². The Morgan fingerprint density at radius 1 is 1.10 bits per heavy atom. The van der Waals surface area contributed by atoms with E-state index in [1.807, 2.05) is 0 Å². The summed E-state index contributed by atoms with van der Waals surface area (Å²) in [5.74, 6) is -3.04. The molecule has 2 aromatic rings. The van der Waals surface area contributed by atoms with E-state index < -0.39 is 23.5 Å². The summed E-state index contributed by atoms with van der Waals surface area (Å²) in [5.41, 5.74) is 0.811. The van der Waals surface area contributed by atoms with Crippen LogP contribution in [0.4, 0.5) is 10.1 Å². The maximum atomic E-state index is 13.7. The first-order valence-corrected chi connectivity index (χ1v) is 9.22. The van der Waals surface area contributed by atoms with E-state index in [2.05, 4.69) is 10.3 Å². The number of rotatable bonds is 6. The number of anilines is 1. The maximum Gasteiger partial charge on any atom is 0.328 e. The first-order chi connectivity index (χ1) is 14.4. The standard InChI is InChI=1S/C18H21FN2O2.C4H4O4/c1-18(2,3)17(23)21-15-8-9-20-11-13(15)16(22)10-12-6-4-5-7-14(12)19;5-3(6)1-2-4(7)8/h4-9,11,16,22H,10H2,1-3H3,(H,20,21,23);1-2H,(H,5,6)(H,7,8). The Balaban J connectivity index is 0.000000512. The van der Waals surface area contributed by atoms with E-state index in [-0.39, 0.29) is 18.1 Å². The fourth-order valence-electron chi connectivity index (χ4n) is 2.22. The number of nitrogens with zero attached hydrogens (tertiary/aromatic N) is 1. The van der Waals surface area contributed by atoms with Gasteiger partial charge >= 0.3 is 11.9 Å². The van der Waals surface area contributed by atoms with Crippen molar-refractivity contribution in [3.8, 4) is 0 Å². The van der Waals surface area contributed by atoms with Crippen molar-refractivity contribution in [3.05, 3.63) is 71.8 Å². The molecule has 9 heteroatoms. The smallest absolute Gasteiger partial charge is 0.328 e. The van der Waals surface area contributed by atoms with Crippen molar-refractivity contribution < 1.29 is 34.1 Å². The Bertz CT molecular complexity index is 937. The summed E-state index contributed by atoms with van der Waals surface area (Å²) >= 11 is 0. The van der Waals surface area contributed by atoms with Crippen LogP contribution in [0.1, 0.15) is 38.0 Å². The molecule has 0 saturated carbocycles. The average molecular weight is 432 g/mol. The van der Waals surface area contributed by atoms with Crippen LogP contribution >= 0.6 is 0 Å². The second-order valence-corrected chi connectivity index (χ2v) is 7.49. The van der Waals surface area contributed by atoms with E-state index in [0.29, 0.717) is 29.0 Å². The number of carbonyl (C=O) groups excluding carboxylic acids is 1. The van der Waals surface area contributed by atoms with Gasteiger partial charge < -0.3 is 20.6 Å². The third-order valence-corrected chi connectivity index (χ3v) is 3.88. The molecule has 1 unspecified atom stereocenters. The van der Waals surface area contributed by atoms with E-state index in [9.17, 15) is 23.9 Å². The normalized spacial score (nSPS) is 11.9. The molecule has 1 amide bonds. The van der Waals surface area contributed by atoms with Gasteiger partial charge in [0, 0.05) is 47.6 Å². The molecule has 0 bridgehead atoms. The molecular formula is C22H25FN2O6. The Hall–Kier alpha value is -3.59. The predicted molar refractivity (Wildman–Crippen MR) is 112 cm³/mol. The Kier molecular flexibility index (Phi) is 9.49. The Labute approximate surface area is 179 Å². The molecule has 1 atom stereocenters. The fraction of sp³-hybridized carbons (Fsp3) is 0.273. The molecule has 0 aliphatic rings. The number of aromatic nitrogens is 1. The van der Waals surface area contributed by atoms with Gasteiger partial charge in [0.15, 0.2) is 0 Å². The topological polar surface area (TPSA) is 137 Å². The minimum Gasteiger partial charge on any atom is -0.478 e. The third kappa shape index (κ3) is 9.18. The summed E-state index contributed by atoms with van der Waals surface area (Å²) in [6, 6.07) is 7.93. The number of amides is 1. The molecule has 0 fully saturated rings. The van der Waals surface area contributed by atoms with E-state index >= 15 is 0 Å². The molecule has 0 saturated heterocycles. The lowest BCUT2D eigenvalue weighted by Crippen LogP contribution is -2.28. The second-order valence-electron chi connectivity index (χ2n) is 7.49. The van der Waals surface area contributed by atoms with Crippen LogP contribution < -0.4 is 5.32 Å². The SMILES string of the molecule is CC(C)(C)C(=O)Nc1ccncc1C(O)Cc1ccccc1F.O=C(O)C=CC(=O)O. The molecule has 0 spiro atoms. The number of pyridine rings is 1. The summed E-state index contributed by atoms with van der Waals surface area (Å²) in [7, 11) is 0. The number of nitrogens with one attached hydrogen (secondary N) is 1. The highest BCUT2D eigenvalue weighted by Gasteiger charge is 2.23. The lowest BCUT2D eigenvalue weighted by atomic mass is 9.95. The fourth-order valence-corrected chi connectivity index (χ4v) is 2.22. The number of aliphatic carboxylic acids is 2. The monoisotopic (exact) mass is 432 g/mol. The summed E-state index contributed by atoms with van der Waals surface area (Å²) in [6.07, 6.45) is 3.29. The van der Waals surface area contributed by atoms with Gasteiger partial charge in [-0.3, -0.25) is 9.78 Å². The van der Waals surface area contributed by atoms with Crippen molar-refractivity contribution in [2.75, 3.05) is 5.32 Å². The summed E-state index contributed by atoms with van der Waals surface area (Å²) < 4.78 is 13.7. The van der Waals surface area contributed by atoms with Gasteiger partial charge in [0.1, 0.15) is 5.82 Å². The first kappa shape index (κ1) is 25.4. The van der Waals surface area contributed by atoms with Crippen molar-refractivity contribution in [2.45, 2.75) is 33.3 Å². The van der Waals surface area contributed by atoms with Crippen LogP contribution in [-0.4, -0.2) is 38.1 Å². The molecule has 0 aliphatic carbocycles. The molecule has 8 nitrogen and oxygen atoms in total. The van der Waals surface area contributed by atoms with E-state index in [1.165, 1.54) is 18.5 Å². The summed E-state index contributed by atoms with van der Waals surface area (Å²) in [4.78, 5) is 35.3. The lowest BCUT2D eigenvalue weighted by molar-refractivity contribution is -0.134. The summed E-state index contributed by atoms with van der Waals surface area (Å²) in [5, 5.41) is 28.9. The van der Waals surface area contributed by atoms with Crippen molar-refractivity contribution in [1.82, 2.24) is 4.98 Å². The predicted octanol–water partition coefficient (Wildman–Crippen LogP) is 3.19. The van der Waals surface area contributed by atoms with Crippen LogP contribution in [0, 0.1) is 11.2 Å². The quantitative estimate of drug-likeness (QED) is 0.515. The van der Waals surface area contributed by atoms with E-state index in [4.69, 9.17) is 10.2 Å². The van der Waals surface area contributed by atoms with Gasteiger partial charge in [0.05, 0.1) is 6.10 Å². The number of hydrogen-bond acceptors (Lipinski definition) is 5. The van der Waals surface area contributed by atoms with E-state index in [1.54, 1.807) is 45.0 Å². The van der Waals surface area contributed by atoms with Gasteiger partial charge in [0.2, 0.25) is 5.91 Å². The zero-order chi connectivity index (χ0) is 23.6. The van der Waals surface area contributed by atoms with Crippen molar-refractivity contribution >= 4 is 23.5 Å². The number of hydrogen-bond donors (Lipinski definition) is 4.